The second-order valence-corrected chi connectivity index (χ2v) is 8.66. The third-order valence-electron chi connectivity index (χ3n) is 6.28. The molecule has 0 fully saturated rings. The van der Waals surface area contributed by atoms with E-state index >= 15 is 0 Å². The monoisotopic (exact) mass is 474 g/mol. The molecule has 0 saturated carbocycles. The van der Waals surface area contributed by atoms with Crippen molar-refractivity contribution in [2.45, 2.75) is 12.8 Å². The van der Waals surface area contributed by atoms with Gasteiger partial charge in [0.15, 0.2) is 23.1 Å². The number of Topliss-reactive ketones (excluding diaryl/α,β-unsaturated/α-hetero) is 4. The summed E-state index contributed by atoms with van der Waals surface area (Å²) in [6.07, 6.45) is -0.355. The van der Waals surface area contributed by atoms with Crippen LogP contribution in [0.3, 0.4) is 0 Å². The molecule has 4 rings (SSSR count). The predicted octanol–water partition coefficient (Wildman–Crippen LogP) is 6.53. The molecule has 36 heavy (non-hydrogen) atoms. The molecule has 0 bridgehead atoms. The fraction of sp³-hybridized carbons (Fsp3) is 0.125. The van der Waals surface area contributed by atoms with Gasteiger partial charge in [-0.05, 0) is 0 Å². The van der Waals surface area contributed by atoms with Crippen molar-refractivity contribution in [2.24, 2.45) is 11.8 Å². The van der Waals surface area contributed by atoms with Gasteiger partial charge >= 0.3 is 0 Å². The first kappa shape index (κ1) is 24.7. The first-order valence-electron chi connectivity index (χ1n) is 11.9. The first-order valence-corrected chi connectivity index (χ1v) is 11.9. The van der Waals surface area contributed by atoms with E-state index in [0.29, 0.717) is 22.3 Å². The lowest BCUT2D eigenvalue weighted by Gasteiger charge is -2.25. The molecule has 4 aromatic rings. The van der Waals surface area contributed by atoms with Crippen molar-refractivity contribution in [2.75, 3.05) is 0 Å². The van der Waals surface area contributed by atoms with Crippen molar-refractivity contribution in [1.29, 1.82) is 0 Å². The minimum Gasteiger partial charge on any atom is -0.294 e. The summed E-state index contributed by atoms with van der Waals surface area (Å²) in [5.74, 6) is -3.14. The van der Waals surface area contributed by atoms with Crippen LogP contribution in [0.15, 0.2) is 121 Å². The molecule has 0 N–H and O–H groups in total. The number of hydrogen-bond acceptors (Lipinski definition) is 4. The minimum atomic E-state index is -1.000. The summed E-state index contributed by atoms with van der Waals surface area (Å²) < 4.78 is 0. The molecule has 0 spiro atoms. The van der Waals surface area contributed by atoms with E-state index in [0.717, 1.165) is 0 Å². The maximum atomic E-state index is 13.8. The number of rotatable bonds is 11. The fourth-order valence-electron chi connectivity index (χ4n) is 4.35. The summed E-state index contributed by atoms with van der Waals surface area (Å²) in [4.78, 5) is 54.1. The van der Waals surface area contributed by atoms with Crippen molar-refractivity contribution in [3.05, 3.63) is 144 Å². The molecule has 2 atom stereocenters. The molecular weight excluding hydrogens is 448 g/mol. The van der Waals surface area contributed by atoms with Gasteiger partial charge in [0.1, 0.15) is 0 Å². The van der Waals surface area contributed by atoms with Crippen molar-refractivity contribution >= 4 is 23.1 Å². The molecule has 0 aromatic heterocycles. The summed E-state index contributed by atoms with van der Waals surface area (Å²) in [5, 5.41) is 0. The largest absolute Gasteiger partial charge is 0.294 e. The van der Waals surface area contributed by atoms with E-state index in [1.807, 2.05) is 12.1 Å². The highest BCUT2D eigenvalue weighted by Gasteiger charge is 2.37. The lowest BCUT2D eigenvalue weighted by Crippen LogP contribution is -2.34. The van der Waals surface area contributed by atoms with Crippen LogP contribution in [-0.2, 0) is 0 Å². The van der Waals surface area contributed by atoms with Gasteiger partial charge in [0.2, 0.25) is 0 Å². The Balaban J connectivity index is 1.76. The zero-order valence-electron chi connectivity index (χ0n) is 19.7. The molecule has 0 heterocycles. The second kappa shape index (κ2) is 11.8. The number of benzene rings is 4. The molecular formula is C32H26O4. The Bertz CT molecular complexity index is 1220. The van der Waals surface area contributed by atoms with Crippen LogP contribution >= 0.6 is 0 Å². The lowest BCUT2D eigenvalue weighted by atomic mass is 9.75. The molecule has 178 valence electrons. The van der Waals surface area contributed by atoms with Crippen molar-refractivity contribution < 1.29 is 19.2 Å². The van der Waals surface area contributed by atoms with Crippen LogP contribution in [0.4, 0.5) is 0 Å². The second-order valence-electron chi connectivity index (χ2n) is 8.66. The van der Waals surface area contributed by atoms with Gasteiger partial charge in [-0.15, -0.1) is 0 Å². The Hall–Kier alpha value is -4.44. The maximum Gasteiger partial charge on any atom is 0.167 e. The highest BCUT2D eigenvalue weighted by molar-refractivity contribution is 6.10. The highest BCUT2D eigenvalue weighted by Crippen LogP contribution is 2.30. The van der Waals surface area contributed by atoms with Gasteiger partial charge in [0.05, 0.1) is 0 Å². The zero-order valence-corrected chi connectivity index (χ0v) is 19.7. The van der Waals surface area contributed by atoms with Crippen molar-refractivity contribution in [1.82, 2.24) is 0 Å². The van der Waals surface area contributed by atoms with Crippen LogP contribution in [0.1, 0.15) is 54.3 Å². The average molecular weight is 475 g/mol. The van der Waals surface area contributed by atoms with Gasteiger partial charge in [0, 0.05) is 46.9 Å². The van der Waals surface area contributed by atoms with Gasteiger partial charge < -0.3 is 0 Å². The lowest BCUT2D eigenvalue weighted by molar-refractivity contribution is 0.0694. The van der Waals surface area contributed by atoms with Crippen molar-refractivity contribution in [3.8, 4) is 0 Å². The molecule has 0 aliphatic rings. The van der Waals surface area contributed by atoms with E-state index in [2.05, 4.69) is 0 Å². The average Bonchev–Trinajstić information content (AvgIpc) is 2.95. The van der Waals surface area contributed by atoms with Gasteiger partial charge in [0.25, 0.3) is 0 Å². The number of carbonyl (C=O) groups is 4. The SMILES string of the molecule is O=C(C[C@@H](C(=O)c1ccccc1)[C@@H](CC(=O)c1ccccc1)C(=O)c1ccccc1)c1ccccc1. The van der Waals surface area contributed by atoms with E-state index < -0.39 is 11.8 Å². The maximum absolute atomic E-state index is 13.8. The summed E-state index contributed by atoms with van der Waals surface area (Å²) in [5.41, 5.74) is 1.73. The third-order valence-corrected chi connectivity index (χ3v) is 6.28. The van der Waals surface area contributed by atoms with Crippen LogP contribution in [0, 0.1) is 11.8 Å². The predicted molar refractivity (Wildman–Crippen MR) is 139 cm³/mol. The number of ketones is 4. The van der Waals surface area contributed by atoms with Crippen LogP contribution in [0.25, 0.3) is 0 Å². The van der Waals surface area contributed by atoms with Gasteiger partial charge in [-0.2, -0.15) is 0 Å². The molecule has 4 heteroatoms. The molecule has 0 unspecified atom stereocenters. The topological polar surface area (TPSA) is 68.3 Å². The number of carbonyl (C=O) groups excluding carboxylic acids is 4. The summed E-state index contributed by atoms with van der Waals surface area (Å²) in [6.45, 7) is 0. The summed E-state index contributed by atoms with van der Waals surface area (Å²) >= 11 is 0. The van der Waals surface area contributed by atoms with E-state index in [4.69, 9.17) is 0 Å². The van der Waals surface area contributed by atoms with E-state index in [-0.39, 0.29) is 36.0 Å². The third kappa shape index (κ3) is 5.97. The van der Waals surface area contributed by atoms with E-state index in [1.54, 1.807) is 109 Å². The Morgan fingerprint density at radius 2 is 0.639 bits per heavy atom. The molecule has 0 aliphatic heterocycles. The Kier molecular flexibility index (Phi) is 8.09. The highest BCUT2D eigenvalue weighted by atomic mass is 16.1. The quantitative estimate of drug-likeness (QED) is 0.232. The van der Waals surface area contributed by atoms with Crippen LogP contribution in [-0.4, -0.2) is 23.1 Å². The Morgan fingerprint density at radius 1 is 0.389 bits per heavy atom. The Morgan fingerprint density at radius 3 is 0.917 bits per heavy atom. The molecule has 0 saturated heterocycles. The van der Waals surface area contributed by atoms with Gasteiger partial charge in [-0.1, -0.05) is 121 Å². The van der Waals surface area contributed by atoms with Crippen LogP contribution in [0.5, 0.6) is 0 Å². The summed E-state index contributed by atoms with van der Waals surface area (Å²) in [6, 6.07) is 34.7. The van der Waals surface area contributed by atoms with Crippen molar-refractivity contribution in [3.63, 3.8) is 0 Å². The fourth-order valence-corrected chi connectivity index (χ4v) is 4.35. The van der Waals surface area contributed by atoms with Crippen LogP contribution in [0.2, 0.25) is 0 Å². The molecule has 0 amide bonds. The zero-order chi connectivity index (χ0) is 25.3. The summed E-state index contributed by atoms with van der Waals surface area (Å²) in [7, 11) is 0. The van der Waals surface area contributed by atoms with E-state index in [9.17, 15) is 19.2 Å². The number of hydrogen-bond donors (Lipinski definition) is 0. The standard InChI is InChI=1S/C32H26O4/c33-29(23-13-5-1-6-14-23)21-27(31(35)25-17-9-3-10-18-25)28(32(36)26-19-11-4-12-20-26)22-30(34)24-15-7-2-8-16-24/h1-20,27-28H,21-22H2/t27-,28-/m1/s1. The van der Waals surface area contributed by atoms with E-state index in [1.165, 1.54) is 0 Å². The van der Waals surface area contributed by atoms with Crippen LogP contribution < -0.4 is 0 Å². The Labute approximate surface area is 210 Å². The smallest absolute Gasteiger partial charge is 0.167 e. The van der Waals surface area contributed by atoms with Gasteiger partial charge in [-0.25, -0.2) is 0 Å². The van der Waals surface area contributed by atoms with Gasteiger partial charge in [-0.3, -0.25) is 19.2 Å². The molecule has 4 aromatic carbocycles. The molecule has 0 aliphatic carbocycles. The first-order chi connectivity index (χ1) is 17.5. The molecule has 4 nitrogen and oxygen atoms in total. The normalized spacial score (nSPS) is 12.3. The molecule has 0 radical (unpaired) electrons. The minimum absolute atomic E-state index is 0.178.